The smallest absolute Gasteiger partial charge is 0.308 e. The lowest BCUT2D eigenvalue weighted by Gasteiger charge is -2.19. The summed E-state index contributed by atoms with van der Waals surface area (Å²) in [6.07, 6.45) is 0.832. The van der Waals surface area contributed by atoms with E-state index in [-0.39, 0.29) is 31.3 Å². The predicted octanol–water partition coefficient (Wildman–Crippen LogP) is 3.46. The lowest BCUT2D eigenvalue weighted by molar-refractivity contribution is -0.143. The summed E-state index contributed by atoms with van der Waals surface area (Å²) >= 11 is 0. The number of amides is 1. The number of methoxy groups -OCH3 is 3. The standard InChI is InChI=1S/C23H29NO6/c1-5-30-23(26)15-19(17-7-6-8-18(14-17)27-2)24-22(25)12-10-16-9-11-20(28-3)21(13-16)29-4/h6-9,11,13-14,19H,5,10,12,15H2,1-4H3,(H,24,25). The highest BCUT2D eigenvalue weighted by Gasteiger charge is 2.20. The van der Waals surface area contributed by atoms with Gasteiger partial charge in [0.2, 0.25) is 5.91 Å². The fourth-order valence-electron chi connectivity index (χ4n) is 3.06. The monoisotopic (exact) mass is 415 g/mol. The van der Waals surface area contributed by atoms with Crippen LogP contribution in [-0.4, -0.2) is 39.8 Å². The number of esters is 1. The summed E-state index contributed by atoms with van der Waals surface area (Å²) in [7, 11) is 4.72. The third-order valence-corrected chi connectivity index (χ3v) is 4.60. The van der Waals surface area contributed by atoms with Crippen LogP contribution in [-0.2, 0) is 20.7 Å². The molecule has 0 fully saturated rings. The normalized spacial score (nSPS) is 11.3. The molecule has 0 spiro atoms. The van der Waals surface area contributed by atoms with E-state index in [1.807, 2.05) is 36.4 Å². The molecular weight excluding hydrogens is 386 g/mol. The summed E-state index contributed by atoms with van der Waals surface area (Å²) in [6.45, 7) is 2.04. The molecule has 1 N–H and O–H groups in total. The first kappa shape index (κ1) is 23.1. The van der Waals surface area contributed by atoms with Gasteiger partial charge in [0.25, 0.3) is 0 Å². The molecule has 2 rings (SSSR count). The second-order valence-corrected chi connectivity index (χ2v) is 6.60. The van der Waals surface area contributed by atoms with E-state index in [0.717, 1.165) is 11.1 Å². The maximum Gasteiger partial charge on any atom is 0.308 e. The number of benzene rings is 2. The van der Waals surface area contributed by atoms with Crippen LogP contribution in [0.2, 0.25) is 0 Å². The molecule has 0 radical (unpaired) electrons. The fourth-order valence-corrected chi connectivity index (χ4v) is 3.06. The molecule has 0 aliphatic rings. The molecule has 7 heteroatoms. The summed E-state index contributed by atoms with van der Waals surface area (Å²) in [6, 6.07) is 12.3. The number of nitrogens with one attached hydrogen (secondary N) is 1. The maximum atomic E-state index is 12.6. The Kier molecular flexibility index (Phi) is 9.00. The van der Waals surface area contributed by atoms with Crippen molar-refractivity contribution in [3.63, 3.8) is 0 Å². The molecule has 0 bridgehead atoms. The Balaban J connectivity index is 2.07. The van der Waals surface area contributed by atoms with Crippen molar-refractivity contribution >= 4 is 11.9 Å². The SMILES string of the molecule is CCOC(=O)CC(NC(=O)CCc1ccc(OC)c(OC)c1)c1cccc(OC)c1. The van der Waals surface area contributed by atoms with Gasteiger partial charge in [-0.2, -0.15) is 0 Å². The topological polar surface area (TPSA) is 83.1 Å². The van der Waals surface area contributed by atoms with E-state index in [2.05, 4.69) is 5.32 Å². The first-order valence-corrected chi connectivity index (χ1v) is 9.80. The third kappa shape index (κ3) is 6.69. The van der Waals surface area contributed by atoms with Crippen molar-refractivity contribution in [2.75, 3.05) is 27.9 Å². The van der Waals surface area contributed by atoms with Crippen LogP contribution in [0.3, 0.4) is 0 Å². The van der Waals surface area contributed by atoms with Crippen LogP contribution >= 0.6 is 0 Å². The number of carbonyl (C=O) groups is 2. The van der Waals surface area contributed by atoms with Gasteiger partial charge in [0, 0.05) is 6.42 Å². The molecule has 0 aliphatic carbocycles. The minimum atomic E-state index is -0.503. The molecular formula is C23H29NO6. The zero-order chi connectivity index (χ0) is 21.9. The third-order valence-electron chi connectivity index (χ3n) is 4.60. The number of hydrogen-bond acceptors (Lipinski definition) is 6. The second kappa shape index (κ2) is 11.7. The summed E-state index contributed by atoms with van der Waals surface area (Å²) in [4.78, 5) is 24.7. The van der Waals surface area contributed by atoms with E-state index in [4.69, 9.17) is 18.9 Å². The van der Waals surface area contributed by atoms with Crippen molar-refractivity contribution < 1.29 is 28.5 Å². The van der Waals surface area contributed by atoms with E-state index in [9.17, 15) is 9.59 Å². The van der Waals surface area contributed by atoms with Crippen LogP contribution in [0.25, 0.3) is 0 Å². The first-order chi connectivity index (χ1) is 14.5. The molecule has 0 saturated carbocycles. The van der Waals surface area contributed by atoms with Gasteiger partial charge in [-0.25, -0.2) is 0 Å². The van der Waals surface area contributed by atoms with E-state index in [1.165, 1.54) is 0 Å². The van der Waals surface area contributed by atoms with Gasteiger partial charge in [-0.3, -0.25) is 9.59 Å². The summed E-state index contributed by atoms with van der Waals surface area (Å²) in [5.41, 5.74) is 1.73. The maximum absolute atomic E-state index is 12.6. The summed E-state index contributed by atoms with van der Waals surface area (Å²) in [5.74, 6) is 1.37. The van der Waals surface area contributed by atoms with Gasteiger partial charge in [-0.05, 0) is 48.7 Å². The van der Waals surface area contributed by atoms with Gasteiger partial charge in [-0.15, -0.1) is 0 Å². The Morgan fingerprint density at radius 2 is 1.73 bits per heavy atom. The van der Waals surface area contributed by atoms with Crippen LogP contribution in [0, 0.1) is 0 Å². The number of aryl methyl sites for hydroxylation is 1. The van der Waals surface area contributed by atoms with Gasteiger partial charge in [-0.1, -0.05) is 18.2 Å². The quantitative estimate of drug-likeness (QED) is 0.566. The van der Waals surface area contributed by atoms with E-state index in [1.54, 1.807) is 34.3 Å². The van der Waals surface area contributed by atoms with Gasteiger partial charge in [0.05, 0.1) is 40.4 Å². The highest BCUT2D eigenvalue weighted by molar-refractivity contribution is 5.78. The average Bonchev–Trinajstić information content (AvgIpc) is 2.77. The lowest BCUT2D eigenvalue weighted by atomic mass is 10.0. The van der Waals surface area contributed by atoms with Gasteiger partial charge in [0.15, 0.2) is 11.5 Å². The van der Waals surface area contributed by atoms with Crippen LogP contribution in [0.1, 0.15) is 36.9 Å². The molecule has 1 amide bonds. The molecule has 30 heavy (non-hydrogen) atoms. The van der Waals surface area contributed by atoms with Crippen LogP contribution in [0.15, 0.2) is 42.5 Å². The molecule has 0 saturated heterocycles. The second-order valence-electron chi connectivity index (χ2n) is 6.60. The zero-order valence-corrected chi connectivity index (χ0v) is 17.9. The Hall–Kier alpha value is -3.22. The van der Waals surface area contributed by atoms with E-state index in [0.29, 0.717) is 23.7 Å². The van der Waals surface area contributed by atoms with E-state index >= 15 is 0 Å². The van der Waals surface area contributed by atoms with Crippen molar-refractivity contribution in [3.8, 4) is 17.2 Å². The number of hydrogen-bond donors (Lipinski definition) is 1. The van der Waals surface area contributed by atoms with Crippen molar-refractivity contribution in [3.05, 3.63) is 53.6 Å². The molecule has 0 aliphatic heterocycles. The molecule has 2 aromatic carbocycles. The van der Waals surface area contributed by atoms with Crippen LogP contribution in [0.5, 0.6) is 17.2 Å². The Morgan fingerprint density at radius 1 is 0.967 bits per heavy atom. The molecule has 1 atom stereocenters. The molecule has 162 valence electrons. The van der Waals surface area contributed by atoms with Crippen molar-refractivity contribution in [2.24, 2.45) is 0 Å². The summed E-state index contributed by atoms with van der Waals surface area (Å²) < 4.78 is 20.9. The minimum absolute atomic E-state index is 0.0447. The number of carbonyl (C=O) groups excluding carboxylic acids is 2. The van der Waals surface area contributed by atoms with Crippen LogP contribution < -0.4 is 19.5 Å². The highest BCUT2D eigenvalue weighted by Crippen LogP contribution is 2.28. The molecule has 7 nitrogen and oxygen atoms in total. The minimum Gasteiger partial charge on any atom is -0.497 e. The first-order valence-electron chi connectivity index (χ1n) is 9.80. The Labute approximate surface area is 177 Å². The number of ether oxygens (including phenoxy) is 4. The molecule has 1 unspecified atom stereocenters. The van der Waals surface area contributed by atoms with Gasteiger partial charge >= 0.3 is 5.97 Å². The largest absolute Gasteiger partial charge is 0.497 e. The highest BCUT2D eigenvalue weighted by atomic mass is 16.5. The number of rotatable bonds is 11. The van der Waals surface area contributed by atoms with Gasteiger partial charge < -0.3 is 24.3 Å². The predicted molar refractivity (Wildman–Crippen MR) is 113 cm³/mol. The zero-order valence-electron chi connectivity index (χ0n) is 17.9. The van der Waals surface area contributed by atoms with Crippen LogP contribution in [0.4, 0.5) is 0 Å². The van der Waals surface area contributed by atoms with Crippen molar-refractivity contribution in [2.45, 2.75) is 32.2 Å². The van der Waals surface area contributed by atoms with Crippen molar-refractivity contribution in [1.29, 1.82) is 0 Å². The molecule has 0 heterocycles. The Morgan fingerprint density at radius 3 is 2.40 bits per heavy atom. The molecule has 2 aromatic rings. The van der Waals surface area contributed by atoms with E-state index < -0.39 is 6.04 Å². The fraction of sp³-hybridized carbons (Fsp3) is 0.391. The van der Waals surface area contributed by atoms with Crippen molar-refractivity contribution in [1.82, 2.24) is 5.32 Å². The Bertz CT molecular complexity index is 851. The average molecular weight is 415 g/mol. The van der Waals surface area contributed by atoms with Gasteiger partial charge in [0.1, 0.15) is 5.75 Å². The summed E-state index contributed by atoms with van der Waals surface area (Å²) in [5, 5.41) is 2.94. The lowest BCUT2D eigenvalue weighted by Crippen LogP contribution is -2.30. The molecule has 0 aromatic heterocycles.